The van der Waals surface area contributed by atoms with Gasteiger partial charge < -0.3 is 4.42 Å². The van der Waals surface area contributed by atoms with Crippen LogP contribution in [-0.2, 0) is 0 Å². The van der Waals surface area contributed by atoms with E-state index >= 15 is 0 Å². The zero-order chi connectivity index (χ0) is 10.8. The van der Waals surface area contributed by atoms with Crippen LogP contribution in [-0.4, -0.2) is 9.91 Å². The molecule has 6 heteroatoms. The highest BCUT2D eigenvalue weighted by Crippen LogP contribution is 2.21. The number of hydrogen-bond donors (Lipinski definition) is 0. The molecule has 0 N–H and O–H groups in total. The lowest BCUT2D eigenvalue weighted by Crippen LogP contribution is -2.07. The first kappa shape index (κ1) is 9.15. The van der Waals surface area contributed by atoms with E-state index in [1.165, 1.54) is 6.07 Å². The van der Waals surface area contributed by atoms with Gasteiger partial charge in [0.15, 0.2) is 11.7 Å². The Balaban J connectivity index is 2.53. The summed E-state index contributed by atoms with van der Waals surface area (Å²) in [4.78, 5) is 13.6. The fraction of sp³-hybridized carbons (Fsp3) is 0.111. The minimum absolute atomic E-state index is 0.177. The van der Waals surface area contributed by atoms with E-state index in [2.05, 4.69) is 4.98 Å². The first-order valence-corrected chi connectivity index (χ1v) is 4.11. The highest BCUT2D eigenvalue weighted by Gasteiger charge is 2.28. The third-order valence-corrected chi connectivity index (χ3v) is 1.88. The summed E-state index contributed by atoms with van der Waals surface area (Å²) in [6, 6.07) is 6.75. The van der Waals surface area contributed by atoms with Crippen molar-refractivity contribution in [2.45, 2.75) is 6.04 Å². The van der Waals surface area contributed by atoms with Crippen molar-refractivity contribution in [3.63, 3.8) is 0 Å². The second-order valence-corrected chi connectivity index (χ2v) is 2.84. The highest BCUT2D eigenvalue weighted by molar-refractivity contribution is 5.72. The summed E-state index contributed by atoms with van der Waals surface area (Å²) in [6.45, 7) is 0. The van der Waals surface area contributed by atoms with Crippen LogP contribution in [0.3, 0.4) is 0 Å². The molecule has 0 saturated heterocycles. The van der Waals surface area contributed by atoms with E-state index in [1.807, 2.05) is 0 Å². The van der Waals surface area contributed by atoms with Crippen molar-refractivity contribution in [1.82, 2.24) is 4.98 Å². The maximum absolute atomic E-state index is 10.5. The molecule has 1 heterocycles. The van der Waals surface area contributed by atoms with Crippen LogP contribution in [0.25, 0.3) is 11.1 Å². The predicted molar refractivity (Wildman–Crippen MR) is 49.4 cm³/mol. The van der Waals surface area contributed by atoms with Crippen LogP contribution in [0.4, 0.5) is 0 Å². The van der Waals surface area contributed by atoms with E-state index in [0.29, 0.717) is 11.1 Å². The van der Waals surface area contributed by atoms with Gasteiger partial charge in [-0.3, -0.25) is 10.1 Å². The number of aromatic nitrogens is 1. The molecule has 0 amide bonds. The van der Waals surface area contributed by atoms with Crippen LogP contribution in [0.5, 0.6) is 0 Å². The Bertz CT molecular complexity index is 522. The van der Waals surface area contributed by atoms with Crippen molar-refractivity contribution in [3.05, 3.63) is 40.3 Å². The van der Waals surface area contributed by atoms with Gasteiger partial charge in [0, 0.05) is 4.92 Å². The Kier molecular flexibility index (Phi) is 2.06. The Morgan fingerprint density at radius 2 is 2.27 bits per heavy atom. The molecule has 0 aliphatic rings. The van der Waals surface area contributed by atoms with Gasteiger partial charge in [0.1, 0.15) is 5.52 Å². The molecule has 0 aliphatic carbocycles. The van der Waals surface area contributed by atoms with Crippen molar-refractivity contribution in [1.29, 1.82) is 5.26 Å². The Hall–Kier alpha value is -2.42. The van der Waals surface area contributed by atoms with Gasteiger partial charge in [0.25, 0.3) is 5.89 Å². The minimum atomic E-state index is -1.54. The van der Waals surface area contributed by atoms with Gasteiger partial charge in [-0.25, -0.2) is 4.98 Å². The fourth-order valence-corrected chi connectivity index (χ4v) is 1.20. The second-order valence-electron chi connectivity index (χ2n) is 2.84. The Labute approximate surface area is 83.9 Å². The number of fused-ring (bicyclic) bond motifs is 1. The number of nitro groups is 1. The van der Waals surface area contributed by atoms with Crippen molar-refractivity contribution in [3.8, 4) is 6.07 Å². The monoisotopic (exact) mass is 203 g/mol. The lowest BCUT2D eigenvalue weighted by atomic mass is 10.3. The summed E-state index contributed by atoms with van der Waals surface area (Å²) in [6.07, 6.45) is 0. The van der Waals surface area contributed by atoms with Gasteiger partial charge in [0.05, 0.1) is 0 Å². The second kappa shape index (κ2) is 3.38. The van der Waals surface area contributed by atoms with Crippen LogP contribution >= 0.6 is 0 Å². The van der Waals surface area contributed by atoms with Gasteiger partial charge in [-0.1, -0.05) is 12.1 Å². The van der Waals surface area contributed by atoms with Crippen LogP contribution < -0.4 is 0 Å². The quantitative estimate of drug-likeness (QED) is 0.546. The van der Waals surface area contributed by atoms with E-state index in [4.69, 9.17) is 9.68 Å². The maximum Gasteiger partial charge on any atom is 0.370 e. The van der Waals surface area contributed by atoms with Gasteiger partial charge in [-0.05, 0) is 12.1 Å². The van der Waals surface area contributed by atoms with Crippen molar-refractivity contribution < 1.29 is 9.34 Å². The van der Waals surface area contributed by atoms with Gasteiger partial charge in [0.2, 0.25) is 0 Å². The van der Waals surface area contributed by atoms with Crippen LogP contribution in [0, 0.1) is 21.4 Å². The molecule has 0 fully saturated rings. The summed E-state index contributed by atoms with van der Waals surface area (Å²) >= 11 is 0. The minimum Gasteiger partial charge on any atom is -0.434 e. The molecule has 15 heavy (non-hydrogen) atoms. The van der Waals surface area contributed by atoms with Gasteiger partial charge in [-0.2, -0.15) is 5.26 Å². The van der Waals surface area contributed by atoms with Gasteiger partial charge >= 0.3 is 6.04 Å². The fourth-order valence-electron chi connectivity index (χ4n) is 1.20. The summed E-state index contributed by atoms with van der Waals surface area (Å²) < 4.78 is 5.11. The molecule has 0 spiro atoms. The average molecular weight is 203 g/mol. The summed E-state index contributed by atoms with van der Waals surface area (Å²) in [5.41, 5.74) is 0.948. The topological polar surface area (TPSA) is 93.0 Å². The molecule has 74 valence electrons. The largest absolute Gasteiger partial charge is 0.434 e. The summed E-state index contributed by atoms with van der Waals surface area (Å²) in [7, 11) is 0. The molecule has 1 unspecified atom stereocenters. The zero-order valence-electron chi connectivity index (χ0n) is 7.45. The molecule has 1 aromatic carbocycles. The molecule has 1 atom stereocenters. The standard InChI is InChI=1S/C9H5N3O3/c10-5-7(12(13)14)9-11-6-3-1-2-4-8(6)15-9/h1-4,7H. The van der Waals surface area contributed by atoms with E-state index in [0.717, 1.165) is 0 Å². The molecule has 6 nitrogen and oxygen atoms in total. The number of benzene rings is 1. The first-order valence-electron chi connectivity index (χ1n) is 4.11. The highest BCUT2D eigenvalue weighted by atomic mass is 16.6. The third kappa shape index (κ3) is 1.50. The molecular weight excluding hydrogens is 198 g/mol. The molecule has 0 radical (unpaired) electrons. The van der Waals surface area contributed by atoms with E-state index < -0.39 is 11.0 Å². The van der Waals surface area contributed by atoms with Crippen LogP contribution in [0.15, 0.2) is 28.7 Å². The van der Waals surface area contributed by atoms with Crippen LogP contribution in [0.2, 0.25) is 0 Å². The van der Waals surface area contributed by atoms with E-state index in [1.54, 1.807) is 24.3 Å². The zero-order valence-corrected chi connectivity index (χ0v) is 7.45. The summed E-state index contributed by atoms with van der Waals surface area (Å²) in [5.74, 6) is -0.177. The number of hydrogen-bond acceptors (Lipinski definition) is 5. The Morgan fingerprint density at radius 1 is 1.53 bits per heavy atom. The van der Waals surface area contributed by atoms with Crippen molar-refractivity contribution in [2.24, 2.45) is 0 Å². The number of para-hydroxylation sites is 2. The lowest BCUT2D eigenvalue weighted by molar-refractivity contribution is -0.516. The first-order chi connectivity index (χ1) is 7.22. The molecule has 2 rings (SSSR count). The lowest BCUT2D eigenvalue weighted by Gasteiger charge is -1.92. The third-order valence-electron chi connectivity index (χ3n) is 1.88. The van der Waals surface area contributed by atoms with Crippen molar-refractivity contribution >= 4 is 11.1 Å². The van der Waals surface area contributed by atoms with Crippen LogP contribution in [0.1, 0.15) is 11.9 Å². The predicted octanol–water partition coefficient (Wildman–Crippen LogP) is 1.67. The molecule has 2 aromatic rings. The number of oxazole rings is 1. The smallest absolute Gasteiger partial charge is 0.370 e. The molecule has 1 aromatic heterocycles. The molecule has 0 saturated carbocycles. The SMILES string of the molecule is N#CC(c1nc2ccccc2o1)[N+](=O)[O-]. The van der Waals surface area contributed by atoms with E-state index in [9.17, 15) is 10.1 Å². The molecular formula is C9H5N3O3. The molecule has 0 bridgehead atoms. The average Bonchev–Trinajstić information content (AvgIpc) is 2.61. The number of rotatable bonds is 2. The summed E-state index contributed by atoms with van der Waals surface area (Å²) in [5, 5.41) is 19.1. The van der Waals surface area contributed by atoms with Gasteiger partial charge in [-0.15, -0.1) is 0 Å². The number of nitrogens with zero attached hydrogens (tertiary/aromatic N) is 3. The maximum atomic E-state index is 10.5. The normalized spacial score (nSPS) is 12.2. The Morgan fingerprint density at radius 3 is 2.87 bits per heavy atom. The molecule has 0 aliphatic heterocycles. The van der Waals surface area contributed by atoms with E-state index in [-0.39, 0.29) is 5.89 Å². The van der Waals surface area contributed by atoms with Crippen molar-refractivity contribution in [2.75, 3.05) is 0 Å². The number of nitriles is 1.